The van der Waals surface area contributed by atoms with Crippen molar-refractivity contribution in [1.29, 1.82) is 0 Å². The minimum absolute atomic E-state index is 0.333. The highest BCUT2D eigenvalue weighted by Gasteiger charge is 2.24. The topological polar surface area (TPSA) is 36.4 Å². The van der Waals surface area contributed by atoms with Crippen LogP contribution in [-0.2, 0) is 11.2 Å². The van der Waals surface area contributed by atoms with Crippen LogP contribution in [-0.4, -0.2) is 53.4 Å². The maximum absolute atomic E-state index is 12.2. The summed E-state index contributed by atoms with van der Waals surface area (Å²) in [5.41, 5.74) is 1.39. The Labute approximate surface area is 127 Å². The van der Waals surface area contributed by atoms with Gasteiger partial charge in [-0.25, -0.2) is 0 Å². The summed E-state index contributed by atoms with van der Waals surface area (Å²) >= 11 is 0. The maximum Gasteiger partial charge on any atom is 0.236 e. The lowest BCUT2D eigenvalue weighted by molar-refractivity contribution is -0.131. The number of likely N-dealkylation sites (tertiary alicyclic amines) is 2. The van der Waals surface area contributed by atoms with Crippen molar-refractivity contribution in [3.05, 3.63) is 30.1 Å². The van der Waals surface area contributed by atoms with Gasteiger partial charge in [0, 0.05) is 25.5 Å². The molecule has 0 bridgehead atoms. The standard InChI is InChI=1S/C17H25N3O/c21-17(20-9-1-2-10-20)14-19-11-5-16(6-12-19)13-15-3-7-18-8-4-15/h3-4,7-8,16H,1-2,5-6,9-14H2. The van der Waals surface area contributed by atoms with Gasteiger partial charge in [0.1, 0.15) is 0 Å². The van der Waals surface area contributed by atoms with Crippen LogP contribution in [0.2, 0.25) is 0 Å². The number of hydrogen-bond donors (Lipinski definition) is 0. The van der Waals surface area contributed by atoms with Gasteiger partial charge in [0.2, 0.25) is 5.91 Å². The second-order valence-electron chi connectivity index (χ2n) is 6.37. The number of aromatic nitrogens is 1. The predicted molar refractivity (Wildman–Crippen MR) is 82.9 cm³/mol. The third kappa shape index (κ3) is 4.03. The Balaban J connectivity index is 1.41. The second kappa shape index (κ2) is 7.03. The number of rotatable bonds is 4. The SMILES string of the molecule is O=C(CN1CCC(Cc2ccncc2)CC1)N1CCCC1. The van der Waals surface area contributed by atoms with E-state index in [1.807, 2.05) is 17.3 Å². The van der Waals surface area contributed by atoms with Gasteiger partial charge < -0.3 is 4.90 Å². The van der Waals surface area contributed by atoms with Crippen LogP contribution in [0, 0.1) is 5.92 Å². The first-order chi connectivity index (χ1) is 10.3. The Bertz CT molecular complexity index is 448. The molecule has 0 aliphatic carbocycles. The molecule has 3 heterocycles. The average molecular weight is 287 g/mol. The van der Waals surface area contributed by atoms with E-state index in [9.17, 15) is 4.79 Å². The molecular formula is C17H25N3O. The Morgan fingerprint density at radius 3 is 2.43 bits per heavy atom. The van der Waals surface area contributed by atoms with Crippen LogP contribution in [0.1, 0.15) is 31.2 Å². The summed E-state index contributed by atoms with van der Waals surface area (Å²) in [6.45, 7) is 4.70. The quantitative estimate of drug-likeness (QED) is 0.849. The van der Waals surface area contributed by atoms with Crippen molar-refractivity contribution < 1.29 is 4.79 Å². The summed E-state index contributed by atoms with van der Waals surface area (Å²) in [5.74, 6) is 1.09. The minimum Gasteiger partial charge on any atom is -0.342 e. The number of carbonyl (C=O) groups is 1. The average Bonchev–Trinajstić information content (AvgIpc) is 3.05. The van der Waals surface area contributed by atoms with E-state index in [1.54, 1.807) is 0 Å². The molecule has 1 amide bonds. The number of hydrogen-bond acceptors (Lipinski definition) is 3. The highest BCUT2D eigenvalue weighted by molar-refractivity contribution is 5.78. The van der Waals surface area contributed by atoms with Gasteiger partial charge in [-0.2, -0.15) is 0 Å². The van der Waals surface area contributed by atoms with Crippen molar-refractivity contribution in [1.82, 2.24) is 14.8 Å². The molecule has 21 heavy (non-hydrogen) atoms. The zero-order valence-corrected chi connectivity index (χ0v) is 12.7. The molecule has 2 fully saturated rings. The summed E-state index contributed by atoms with van der Waals surface area (Å²) in [4.78, 5) is 20.6. The third-order valence-electron chi connectivity index (χ3n) is 4.80. The number of carbonyl (C=O) groups excluding carboxylic acids is 1. The highest BCUT2D eigenvalue weighted by Crippen LogP contribution is 2.21. The van der Waals surface area contributed by atoms with Crippen LogP contribution >= 0.6 is 0 Å². The third-order valence-corrected chi connectivity index (χ3v) is 4.80. The minimum atomic E-state index is 0.333. The number of piperidine rings is 1. The van der Waals surface area contributed by atoms with Crippen LogP contribution in [0.25, 0.3) is 0 Å². The van der Waals surface area contributed by atoms with Crippen LogP contribution in [0.5, 0.6) is 0 Å². The molecular weight excluding hydrogens is 262 g/mol. The molecule has 4 heteroatoms. The van der Waals surface area contributed by atoms with E-state index in [0.717, 1.165) is 38.5 Å². The molecule has 3 rings (SSSR count). The molecule has 4 nitrogen and oxygen atoms in total. The molecule has 2 aliphatic rings. The van der Waals surface area contributed by atoms with Gasteiger partial charge >= 0.3 is 0 Å². The first-order valence-electron chi connectivity index (χ1n) is 8.20. The van der Waals surface area contributed by atoms with E-state index < -0.39 is 0 Å². The van der Waals surface area contributed by atoms with Gasteiger partial charge in [0.15, 0.2) is 0 Å². The van der Waals surface area contributed by atoms with Gasteiger partial charge in [-0.3, -0.25) is 14.7 Å². The van der Waals surface area contributed by atoms with E-state index in [4.69, 9.17) is 0 Å². The molecule has 2 saturated heterocycles. The second-order valence-corrected chi connectivity index (χ2v) is 6.37. The normalized spacial score (nSPS) is 20.9. The first-order valence-corrected chi connectivity index (χ1v) is 8.20. The molecule has 0 saturated carbocycles. The molecule has 2 aliphatic heterocycles. The van der Waals surface area contributed by atoms with Crippen molar-refractivity contribution in [3.63, 3.8) is 0 Å². The number of pyridine rings is 1. The highest BCUT2D eigenvalue weighted by atomic mass is 16.2. The fourth-order valence-corrected chi connectivity index (χ4v) is 3.46. The summed E-state index contributed by atoms with van der Waals surface area (Å²) in [7, 11) is 0. The fraction of sp³-hybridized carbons (Fsp3) is 0.647. The molecule has 0 N–H and O–H groups in total. The van der Waals surface area contributed by atoms with Crippen molar-refractivity contribution >= 4 is 5.91 Å². The van der Waals surface area contributed by atoms with E-state index in [0.29, 0.717) is 12.5 Å². The predicted octanol–water partition coefficient (Wildman–Crippen LogP) is 1.96. The summed E-state index contributed by atoms with van der Waals surface area (Å²) in [6.07, 6.45) is 9.67. The van der Waals surface area contributed by atoms with E-state index in [2.05, 4.69) is 22.0 Å². The molecule has 1 aromatic heterocycles. The Morgan fingerprint density at radius 2 is 1.76 bits per heavy atom. The smallest absolute Gasteiger partial charge is 0.236 e. The zero-order chi connectivity index (χ0) is 14.5. The summed E-state index contributed by atoms with van der Waals surface area (Å²) < 4.78 is 0. The van der Waals surface area contributed by atoms with E-state index in [1.165, 1.54) is 31.2 Å². The van der Waals surface area contributed by atoms with Gasteiger partial charge in [0.05, 0.1) is 6.54 Å². The molecule has 0 atom stereocenters. The largest absolute Gasteiger partial charge is 0.342 e. The van der Waals surface area contributed by atoms with Crippen LogP contribution in [0.4, 0.5) is 0 Å². The van der Waals surface area contributed by atoms with Gasteiger partial charge in [0.25, 0.3) is 0 Å². The molecule has 1 aromatic rings. The fourth-order valence-electron chi connectivity index (χ4n) is 3.46. The Hall–Kier alpha value is -1.42. The lowest BCUT2D eigenvalue weighted by Gasteiger charge is -2.32. The summed E-state index contributed by atoms with van der Waals surface area (Å²) in [6, 6.07) is 4.23. The van der Waals surface area contributed by atoms with Crippen LogP contribution < -0.4 is 0 Å². The first kappa shape index (κ1) is 14.5. The lowest BCUT2D eigenvalue weighted by atomic mass is 9.90. The van der Waals surface area contributed by atoms with Crippen molar-refractivity contribution in [2.24, 2.45) is 5.92 Å². The maximum atomic E-state index is 12.2. The Kier molecular flexibility index (Phi) is 4.86. The van der Waals surface area contributed by atoms with E-state index in [-0.39, 0.29) is 0 Å². The van der Waals surface area contributed by atoms with E-state index >= 15 is 0 Å². The Morgan fingerprint density at radius 1 is 1.10 bits per heavy atom. The number of nitrogens with zero attached hydrogens (tertiary/aromatic N) is 3. The lowest BCUT2D eigenvalue weighted by Crippen LogP contribution is -2.42. The zero-order valence-electron chi connectivity index (χ0n) is 12.7. The molecule has 0 spiro atoms. The molecule has 0 radical (unpaired) electrons. The van der Waals surface area contributed by atoms with Crippen molar-refractivity contribution in [2.45, 2.75) is 32.1 Å². The molecule has 114 valence electrons. The number of amides is 1. The van der Waals surface area contributed by atoms with Crippen LogP contribution in [0.3, 0.4) is 0 Å². The van der Waals surface area contributed by atoms with Crippen molar-refractivity contribution in [2.75, 3.05) is 32.7 Å². The monoisotopic (exact) mass is 287 g/mol. The molecule has 0 aromatic carbocycles. The van der Waals surface area contributed by atoms with Crippen LogP contribution in [0.15, 0.2) is 24.5 Å². The van der Waals surface area contributed by atoms with Gasteiger partial charge in [-0.1, -0.05) is 0 Å². The van der Waals surface area contributed by atoms with Gasteiger partial charge in [-0.05, 0) is 68.8 Å². The molecule has 0 unspecified atom stereocenters. The van der Waals surface area contributed by atoms with Gasteiger partial charge in [-0.15, -0.1) is 0 Å². The van der Waals surface area contributed by atoms with Crippen molar-refractivity contribution in [3.8, 4) is 0 Å². The summed E-state index contributed by atoms with van der Waals surface area (Å²) in [5, 5.41) is 0.